The molecule has 0 saturated heterocycles. The molecule has 0 atom stereocenters. The zero-order chi connectivity index (χ0) is 15.0. The number of nitrogens with one attached hydrogen (secondary N) is 1. The van der Waals surface area contributed by atoms with Crippen molar-refractivity contribution in [3.63, 3.8) is 0 Å². The van der Waals surface area contributed by atoms with E-state index in [0.29, 0.717) is 28.2 Å². The Kier molecular flexibility index (Phi) is 3.06. The van der Waals surface area contributed by atoms with Crippen LogP contribution in [0.5, 0.6) is 0 Å². The lowest BCUT2D eigenvalue weighted by molar-refractivity contribution is 0.631. The summed E-state index contributed by atoms with van der Waals surface area (Å²) in [7, 11) is 1.68. The van der Waals surface area contributed by atoms with E-state index in [1.807, 2.05) is 0 Å². The number of halogens is 1. The van der Waals surface area contributed by atoms with Crippen molar-refractivity contribution in [1.82, 2.24) is 14.8 Å². The highest BCUT2D eigenvalue weighted by Crippen LogP contribution is 2.36. The summed E-state index contributed by atoms with van der Waals surface area (Å²) in [6.45, 7) is 0. The normalized spacial score (nSPS) is 10.8. The first-order chi connectivity index (χ1) is 10.1. The second-order valence-electron chi connectivity index (χ2n) is 4.65. The zero-order valence-electron chi connectivity index (χ0n) is 11.3. The number of nitrogen functional groups attached to an aromatic ring is 1. The molecule has 0 bridgehead atoms. The van der Waals surface area contributed by atoms with E-state index in [1.165, 1.54) is 23.0 Å². The molecule has 6 heteroatoms. The number of hydrogen-bond donors (Lipinski definition) is 2. The largest absolute Gasteiger partial charge is 0.383 e. The van der Waals surface area contributed by atoms with E-state index >= 15 is 0 Å². The highest BCUT2D eigenvalue weighted by molar-refractivity contribution is 5.88. The lowest BCUT2D eigenvalue weighted by atomic mass is 10.0. The maximum absolute atomic E-state index is 14.1. The lowest BCUT2D eigenvalue weighted by Crippen LogP contribution is -2.02. The van der Waals surface area contributed by atoms with E-state index in [0.717, 1.165) is 0 Å². The Labute approximate surface area is 119 Å². The van der Waals surface area contributed by atoms with E-state index in [1.54, 1.807) is 31.3 Å². The smallest absolute Gasteiger partial charge is 0.248 e. The Morgan fingerprint density at radius 3 is 2.76 bits per heavy atom. The number of benzene rings is 1. The van der Waals surface area contributed by atoms with E-state index in [2.05, 4.69) is 10.1 Å². The number of rotatable bonds is 2. The Morgan fingerprint density at radius 2 is 2.05 bits per heavy atom. The summed E-state index contributed by atoms with van der Waals surface area (Å²) in [5.74, 6) is -0.0429. The van der Waals surface area contributed by atoms with Gasteiger partial charge in [-0.25, -0.2) is 4.39 Å². The fourth-order valence-corrected chi connectivity index (χ4v) is 2.26. The minimum Gasteiger partial charge on any atom is -0.383 e. The third kappa shape index (κ3) is 2.20. The second-order valence-corrected chi connectivity index (χ2v) is 4.65. The molecular formula is C15H13FN4O. The number of H-pyrrole nitrogens is 1. The molecule has 0 saturated carbocycles. The SMILES string of the molecule is Cn1nc(-c2cc[nH]c(=O)c2)c(-c2ccccc2F)c1N. The van der Waals surface area contributed by atoms with Crippen LogP contribution in [0, 0.1) is 5.82 Å². The van der Waals surface area contributed by atoms with Gasteiger partial charge >= 0.3 is 0 Å². The number of nitrogens with zero attached hydrogens (tertiary/aromatic N) is 2. The molecule has 3 N–H and O–H groups in total. The van der Waals surface area contributed by atoms with Crippen LogP contribution in [0.1, 0.15) is 0 Å². The monoisotopic (exact) mass is 284 g/mol. The van der Waals surface area contributed by atoms with Crippen molar-refractivity contribution in [3.8, 4) is 22.4 Å². The van der Waals surface area contributed by atoms with Gasteiger partial charge in [0.25, 0.3) is 0 Å². The number of nitrogens with two attached hydrogens (primary N) is 1. The highest BCUT2D eigenvalue weighted by Gasteiger charge is 2.19. The van der Waals surface area contributed by atoms with Gasteiger partial charge in [0.05, 0.1) is 5.56 Å². The molecule has 21 heavy (non-hydrogen) atoms. The minimum absolute atomic E-state index is 0.254. The van der Waals surface area contributed by atoms with Crippen LogP contribution >= 0.6 is 0 Å². The number of hydrogen-bond acceptors (Lipinski definition) is 3. The molecule has 3 aromatic rings. The Morgan fingerprint density at radius 1 is 1.29 bits per heavy atom. The van der Waals surface area contributed by atoms with Crippen molar-refractivity contribution in [3.05, 3.63) is 58.8 Å². The zero-order valence-corrected chi connectivity index (χ0v) is 11.3. The van der Waals surface area contributed by atoms with Crippen LogP contribution in [0.25, 0.3) is 22.4 Å². The maximum Gasteiger partial charge on any atom is 0.248 e. The summed E-state index contributed by atoms with van der Waals surface area (Å²) in [5.41, 5.74) is 7.69. The quantitative estimate of drug-likeness (QED) is 0.757. The average molecular weight is 284 g/mol. The van der Waals surface area contributed by atoms with Crippen LogP contribution in [0.15, 0.2) is 47.4 Å². The standard InChI is InChI=1S/C15H13FN4O/c1-20-15(17)13(10-4-2-3-5-11(10)16)14(19-20)9-6-7-18-12(21)8-9/h2-8H,17H2,1H3,(H,18,21). The molecule has 106 valence electrons. The van der Waals surface area contributed by atoms with Crippen molar-refractivity contribution in [2.45, 2.75) is 0 Å². The van der Waals surface area contributed by atoms with Crippen LogP contribution in [-0.2, 0) is 7.05 Å². The van der Waals surface area contributed by atoms with Gasteiger partial charge in [0.1, 0.15) is 17.3 Å². The molecule has 5 nitrogen and oxygen atoms in total. The van der Waals surface area contributed by atoms with Gasteiger partial charge in [0, 0.05) is 30.4 Å². The van der Waals surface area contributed by atoms with Crippen LogP contribution in [-0.4, -0.2) is 14.8 Å². The van der Waals surface area contributed by atoms with Crippen molar-refractivity contribution >= 4 is 5.82 Å². The van der Waals surface area contributed by atoms with Gasteiger partial charge in [-0.05, 0) is 12.1 Å². The van der Waals surface area contributed by atoms with Gasteiger partial charge in [0.15, 0.2) is 0 Å². The molecule has 0 radical (unpaired) electrons. The Bertz CT molecular complexity index is 866. The summed E-state index contributed by atoms with van der Waals surface area (Å²) in [6, 6.07) is 9.45. The fourth-order valence-electron chi connectivity index (χ4n) is 2.26. The van der Waals surface area contributed by atoms with Gasteiger partial charge in [-0.1, -0.05) is 18.2 Å². The van der Waals surface area contributed by atoms with Gasteiger partial charge in [-0.3, -0.25) is 9.48 Å². The topological polar surface area (TPSA) is 76.7 Å². The summed E-state index contributed by atoms with van der Waals surface area (Å²) >= 11 is 0. The minimum atomic E-state index is -0.386. The average Bonchev–Trinajstić information content (AvgIpc) is 2.76. The van der Waals surface area contributed by atoms with Gasteiger partial charge in [-0.15, -0.1) is 0 Å². The molecule has 0 aliphatic rings. The van der Waals surface area contributed by atoms with Crippen LogP contribution in [0.4, 0.5) is 10.2 Å². The molecule has 2 heterocycles. The Hall–Kier alpha value is -2.89. The number of aryl methyl sites for hydroxylation is 1. The van der Waals surface area contributed by atoms with E-state index < -0.39 is 0 Å². The molecule has 0 aliphatic heterocycles. The van der Waals surface area contributed by atoms with Gasteiger partial charge < -0.3 is 10.7 Å². The first kappa shape index (κ1) is 13.1. The van der Waals surface area contributed by atoms with E-state index in [-0.39, 0.29) is 11.4 Å². The highest BCUT2D eigenvalue weighted by atomic mass is 19.1. The van der Waals surface area contributed by atoms with Gasteiger partial charge in [-0.2, -0.15) is 5.10 Å². The number of anilines is 1. The van der Waals surface area contributed by atoms with Crippen LogP contribution in [0.3, 0.4) is 0 Å². The third-order valence-corrected chi connectivity index (χ3v) is 3.28. The molecule has 3 rings (SSSR count). The predicted molar refractivity (Wildman–Crippen MR) is 79.1 cm³/mol. The Balaban J connectivity index is 2.31. The predicted octanol–water partition coefficient (Wildman–Crippen LogP) is 2.16. The molecule has 2 aromatic heterocycles. The van der Waals surface area contributed by atoms with Crippen molar-refractivity contribution in [2.75, 3.05) is 5.73 Å². The summed E-state index contributed by atoms with van der Waals surface area (Å²) in [5, 5.41) is 4.31. The second kappa shape index (κ2) is 4.90. The first-order valence-corrected chi connectivity index (χ1v) is 6.34. The number of aromatic nitrogens is 3. The third-order valence-electron chi connectivity index (χ3n) is 3.28. The van der Waals surface area contributed by atoms with E-state index in [9.17, 15) is 9.18 Å². The molecule has 0 aliphatic carbocycles. The molecule has 0 spiro atoms. The summed E-state index contributed by atoms with van der Waals surface area (Å²) < 4.78 is 15.5. The summed E-state index contributed by atoms with van der Waals surface area (Å²) in [4.78, 5) is 14.0. The van der Waals surface area contributed by atoms with Crippen LogP contribution < -0.4 is 11.3 Å². The number of aromatic amines is 1. The maximum atomic E-state index is 14.1. The number of pyridine rings is 1. The molecule has 0 amide bonds. The molecule has 0 unspecified atom stereocenters. The summed E-state index contributed by atoms with van der Waals surface area (Å²) in [6.07, 6.45) is 1.52. The molecular weight excluding hydrogens is 271 g/mol. The van der Waals surface area contributed by atoms with Crippen molar-refractivity contribution in [2.24, 2.45) is 7.05 Å². The lowest BCUT2D eigenvalue weighted by Gasteiger charge is -2.05. The fraction of sp³-hybridized carbons (Fsp3) is 0.0667. The van der Waals surface area contributed by atoms with Crippen LogP contribution in [0.2, 0.25) is 0 Å². The molecule has 0 fully saturated rings. The van der Waals surface area contributed by atoms with Gasteiger partial charge in [0.2, 0.25) is 5.56 Å². The van der Waals surface area contributed by atoms with E-state index in [4.69, 9.17) is 5.73 Å². The van der Waals surface area contributed by atoms with Crippen molar-refractivity contribution < 1.29 is 4.39 Å². The molecule has 1 aromatic carbocycles. The first-order valence-electron chi connectivity index (χ1n) is 6.34. The van der Waals surface area contributed by atoms with Crippen molar-refractivity contribution in [1.29, 1.82) is 0 Å².